The smallest absolute Gasteiger partial charge is 0.479 e. The molecule has 0 aromatic heterocycles. The molecule has 1 aromatic carbocycles. The quantitative estimate of drug-likeness (QED) is 0.375. The zero-order chi connectivity index (χ0) is 27.2. The third-order valence-corrected chi connectivity index (χ3v) is 6.61. The maximum Gasteiger partial charge on any atom is 0.508 e. The first-order valence-corrected chi connectivity index (χ1v) is 11.5. The molecule has 2 aliphatic heterocycles. The first-order chi connectivity index (χ1) is 17.7. The molecule has 3 atom stereocenters. The number of hydrogen-bond donors (Lipinski definition) is 2. The summed E-state index contributed by atoms with van der Waals surface area (Å²) in [6.45, 7) is 3.90. The Kier molecular flexibility index (Phi) is 8.61. The highest BCUT2D eigenvalue weighted by atomic mass is 16.7. The number of carbonyl (C=O) groups excluding carboxylic acids is 2. The summed E-state index contributed by atoms with van der Waals surface area (Å²) in [5, 5.41) is 20.4. The van der Waals surface area contributed by atoms with Gasteiger partial charge in [0, 0.05) is 52.5 Å². The van der Waals surface area contributed by atoms with E-state index >= 15 is 0 Å². The zero-order valence-electron chi connectivity index (χ0n) is 20.7. The molecule has 13 nitrogen and oxygen atoms in total. The number of amides is 2. The Morgan fingerprint density at radius 2 is 1.70 bits per heavy atom. The number of carboxylic acid groups (broad SMARTS) is 2. The predicted molar refractivity (Wildman–Crippen MR) is 128 cm³/mol. The summed E-state index contributed by atoms with van der Waals surface area (Å²) >= 11 is 0. The highest BCUT2D eigenvalue weighted by Crippen LogP contribution is 2.43. The van der Waals surface area contributed by atoms with Crippen molar-refractivity contribution in [3.05, 3.63) is 43.0 Å². The minimum absolute atomic E-state index is 0.169. The molecule has 0 aliphatic carbocycles. The molecule has 2 amide bonds. The summed E-state index contributed by atoms with van der Waals surface area (Å²) in [5.41, 5.74) is -4.18. The molecule has 2 heterocycles. The van der Waals surface area contributed by atoms with E-state index in [9.17, 15) is 29.4 Å². The molecule has 3 rings (SSSR count). The van der Waals surface area contributed by atoms with Crippen molar-refractivity contribution >= 4 is 29.8 Å². The van der Waals surface area contributed by atoms with Gasteiger partial charge in [0.05, 0.1) is 6.54 Å². The van der Waals surface area contributed by atoms with Crippen LogP contribution in [0.15, 0.2) is 43.0 Å². The van der Waals surface area contributed by atoms with E-state index in [4.69, 9.17) is 18.9 Å². The molecule has 37 heavy (non-hydrogen) atoms. The number of likely N-dealkylation sites (tertiary alicyclic amines) is 1. The van der Waals surface area contributed by atoms with Gasteiger partial charge in [-0.2, -0.15) is 0 Å². The van der Waals surface area contributed by atoms with Crippen molar-refractivity contribution < 1.29 is 48.3 Å². The maximum absolute atomic E-state index is 14.0. The zero-order valence-corrected chi connectivity index (χ0v) is 20.7. The molecule has 2 N–H and O–H groups in total. The van der Waals surface area contributed by atoms with Crippen LogP contribution in [-0.4, -0.2) is 115 Å². The molecule has 1 aromatic rings. The molecular formula is C24H31N3O10. The van der Waals surface area contributed by atoms with Crippen LogP contribution in [0.2, 0.25) is 0 Å². The molecule has 2 saturated heterocycles. The van der Waals surface area contributed by atoms with Gasteiger partial charge in [-0.15, -0.1) is 0 Å². The summed E-state index contributed by atoms with van der Waals surface area (Å²) in [6, 6.07) is 9.54. The lowest BCUT2D eigenvalue weighted by molar-refractivity contribution is -0.271. The van der Waals surface area contributed by atoms with E-state index in [0.29, 0.717) is 18.0 Å². The Labute approximate surface area is 213 Å². The Morgan fingerprint density at radius 3 is 2.22 bits per heavy atom. The van der Waals surface area contributed by atoms with Crippen LogP contribution < -0.4 is 4.90 Å². The van der Waals surface area contributed by atoms with Crippen molar-refractivity contribution in [2.45, 2.75) is 23.9 Å². The minimum atomic E-state index is -2.60. The summed E-state index contributed by atoms with van der Waals surface area (Å²) in [7, 11) is 2.07. The van der Waals surface area contributed by atoms with Gasteiger partial charge in [0.25, 0.3) is 11.6 Å². The van der Waals surface area contributed by atoms with Gasteiger partial charge in [-0.1, -0.05) is 30.9 Å². The number of hydrogen-bond acceptors (Lipinski definition) is 9. The van der Waals surface area contributed by atoms with Crippen molar-refractivity contribution in [2.75, 3.05) is 58.5 Å². The predicted octanol–water partition coefficient (Wildman–Crippen LogP) is 1.24. The molecule has 0 saturated carbocycles. The average molecular weight is 522 g/mol. The number of piperazine rings is 1. The SMILES string of the molecule is C=CCOC(=O)O[C@@H]1CN(C(=O)O)[C@@](OC)(C(=O)N2CCN(c3ccccc3)CC2)[C@](OC)(C(=O)O)C1. The Balaban J connectivity index is 1.94. The van der Waals surface area contributed by atoms with E-state index in [1.54, 1.807) is 0 Å². The first-order valence-electron chi connectivity index (χ1n) is 11.5. The number of benzene rings is 1. The number of carboxylic acids is 1. The summed E-state index contributed by atoms with van der Waals surface area (Å²) in [6.07, 6.45) is -3.40. The number of carbonyl (C=O) groups is 4. The normalized spacial score (nSPS) is 25.8. The number of nitrogens with zero attached hydrogens (tertiary/aromatic N) is 3. The lowest BCUT2D eigenvalue weighted by atomic mass is 9.78. The lowest BCUT2D eigenvalue weighted by Gasteiger charge is -2.55. The second kappa shape index (κ2) is 11.5. The van der Waals surface area contributed by atoms with Crippen LogP contribution in [0, 0.1) is 0 Å². The standard InChI is InChI=1S/C24H31N3O10/c1-4-14-36-22(33)37-18-15-23(34-2,20(29)30)24(35-3,27(16-18)21(31)32)19(28)26-12-10-25(11-13-26)17-8-6-5-7-9-17/h4-9,18H,1,10-16H2,2-3H3,(H,29,30)(H,31,32)/t18-,23+,24+/m0/s1. The van der Waals surface area contributed by atoms with E-state index < -0.39 is 54.5 Å². The van der Waals surface area contributed by atoms with E-state index in [-0.39, 0.29) is 19.7 Å². The largest absolute Gasteiger partial charge is 0.508 e. The van der Waals surface area contributed by atoms with Gasteiger partial charge in [-0.3, -0.25) is 9.69 Å². The maximum atomic E-state index is 14.0. The number of anilines is 1. The third kappa shape index (κ3) is 5.04. The number of piperidine rings is 1. The summed E-state index contributed by atoms with van der Waals surface area (Å²) in [4.78, 5) is 55.1. The van der Waals surface area contributed by atoms with Crippen LogP contribution in [0.4, 0.5) is 15.3 Å². The second-order valence-electron chi connectivity index (χ2n) is 8.49. The van der Waals surface area contributed by atoms with Crippen molar-refractivity contribution in [1.82, 2.24) is 9.80 Å². The second-order valence-corrected chi connectivity index (χ2v) is 8.49. The number of aliphatic carboxylic acids is 1. The van der Waals surface area contributed by atoms with Gasteiger partial charge < -0.3 is 39.0 Å². The van der Waals surface area contributed by atoms with Crippen LogP contribution >= 0.6 is 0 Å². The monoisotopic (exact) mass is 521 g/mol. The van der Waals surface area contributed by atoms with Gasteiger partial charge in [-0.05, 0) is 12.1 Å². The summed E-state index contributed by atoms with van der Waals surface area (Å²) < 4.78 is 20.8. The molecular weight excluding hydrogens is 490 g/mol. The van der Waals surface area contributed by atoms with Crippen LogP contribution in [0.5, 0.6) is 0 Å². The Bertz CT molecular complexity index is 1010. The van der Waals surface area contributed by atoms with Crippen LogP contribution in [-0.2, 0) is 28.5 Å². The van der Waals surface area contributed by atoms with Crippen molar-refractivity contribution in [1.29, 1.82) is 0 Å². The highest BCUT2D eigenvalue weighted by Gasteiger charge is 2.72. The van der Waals surface area contributed by atoms with E-state index in [1.807, 2.05) is 30.3 Å². The molecule has 202 valence electrons. The molecule has 2 fully saturated rings. The topological polar surface area (TPSA) is 155 Å². The first kappa shape index (κ1) is 27.7. The number of ether oxygens (including phenoxy) is 4. The van der Waals surface area contributed by atoms with E-state index in [2.05, 4.69) is 11.5 Å². The van der Waals surface area contributed by atoms with E-state index in [1.165, 1.54) is 11.0 Å². The van der Waals surface area contributed by atoms with Crippen LogP contribution in [0.1, 0.15) is 6.42 Å². The fraction of sp³-hybridized carbons (Fsp3) is 0.500. The fourth-order valence-electron chi connectivity index (χ4n) is 4.88. The van der Waals surface area contributed by atoms with Gasteiger partial charge >= 0.3 is 18.2 Å². The fourth-order valence-corrected chi connectivity index (χ4v) is 4.88. The van der Waals surface area contributed by atoms with Gasteiger partial charge in [-0.25, -0.2) is 14.4 Å². The van der Waals surface area contributed by atoms with Crippen molar-refractivity contribution in [3.8, 4) is 0 Å². The van der Waals surface area contributed by atoms with Gasteiger partial charge in [0.15, 0.2) is 0 Å². The van der Waals surface area contributed by atoms with E-state index in [0.717, 1.165) is 19.9 Å². The van der Waals surface area contributed by atoms with Crippen LogP contribution in [0.3, 0.4) is 0 Å². The number of para-hydroxylation sites is 1. The van der Waals surface area contributed by atoms with Gasteiger partial charge in [0.1, 0.15) is 12.7 Å². The average Bonchev–Trinajstić information content (AvgIpc) is 2.91. The minimum Gasteiger partial charge on any atom is -0.479 e. The van der Waals surface area contributed by atoms with Crippen molar-refractivity contribution in [3.63, 3.8) is 0 Å². The van der Waals surface area contributed by atoms with Gasteiger partial charge in [0.2, 0.25) is 5.60 Å². The molecule has 0 spiro atoms. The summed E-state index contributed by atoms with van der Waals surface area (Å²) in [5.74, 6) is -2.55. The number of rotatable bonds is 8. The number of methoxy groups -OCH3 is 2. The van der Waals surface area contributed by atoms with Crippen LogP contribution in [0.25, 0.3) is 0 Å². The highest BCUT2D eigenvalue weighted by molar-refractivity contribution is 5.97. The molecule has 13 heteroatoms. The molecule has 0 bridgehead atoms. The molecule has 0 radical (unpaired) electrons. The molecule has 0 unspecified atom stereocenters. The van der Waals surface area contributed by atoms with Crippen molar-refractivity contribution in [2.24, 2.45) is 0 Å². The Morgan fingerprint density at radius 1 is 1.05 bits per heavy atom. The molecule has 2 aliphatic rings. The lowest BCUT2D eigenvalue weighted by Crippen LogP contribution is -2.81. The Hall–Kier alpha value is -3.84. The third-order valence-electron chi connectivity index (χ3n) is 6.61.